The second kappa shape index (κ2) is 7.38. The standard InChI is InChI=1S/C15H24N4O/c1-3-9-20-10-8-12(18-16)11-15-17-13-6-4-5-7-14(13)19(15)2/h4-7,12,18H,3,8-11,16H2,1-2H3. The van der Waals surface area contributed by atoms with Crippen LogP contribution >= 0.6 is 0 Å². The fourth-order valence-electron chi connectivity index (χ4n) is 2.31. The Balaban J connectivity index is 2.00. The zero-order chi connectivity index (χ0) is 14.4. The molecule has 0 saturated carbocycles. The quantitative estimate of drug-likeness (QED) is 0.438. The van der Waals surface area contributed by atoms with Gasteiger partial charge >= 0.3 is 0 Å². The lowest BCUT2D eigenvalue weighted by molar-refractivity contribution is 0.124. The predicted octanol–water partition coefficient (Wildman–Crippen LogP) is 1.76. The van der Waals surface area contributed by atoms with Crippen LogP contribution in [0.2, 0.25) is 0 Å². The molecule has 20 heavy (non-hydrogen) atoms. The van der Waals surface area contributed by atoms with Crippen LogP contribution in [0.3, 0.4) is 0 Å². The van der Waals surface area contributed by atoms with Crippen molar-refractivity contribution in [2.75, 3.05) is 13.2 Å². The number of hydrazine groups is 1. The predicted molar refractivity (Wildman–Crippen MR) is 81.3 cm³/mol. The molecule has 0 radical (unpaired) electrons. The van der Waals surface area contributed by atoms with Crippen molar-refractivity contribution in [2.24, 2.45) is 12.9 Å². The van der Waals surface area contributed by atoms with Crippen molar-refractivity contribution in [3.8, 4) is 0 Å². The maximum Gasteiger partial charge on any atom is 0.111 e. The molecule has 0 bridgehead atoms. The first-order valence-electron chi connectivity index (χ1n) is 7.20. The molecule has 0 saturated heterocycles. The van der Waals surface area contributed by atoms with Crippen LogP contribution in [0, 0.1) is 0 Å². The lowest BCUT2D eigenvalue weighted by Gasteiger charge is -2.15. The third kappa shape index (κ3) is 3.56. The van der Waals surface area contributed by atoms with E-state index < -0.39 is 0 Å². The lowest BCUT2D eigenvalue weighted by Crippen LogP contribution is -2.38. The lowest BCUT2D eigenvalue weighted by atomic mass is 10.1. The minimum atomic E-state index is 0.183. The smallest absolute Gasteiger partial charge is 0.111 e. The van der Waals surface area contributed by atoms with Crippen LogP contribution in [-0.2, 0) is 18.2 Å². The summed E-state index contributed by atoms with van der Waals surface area (Å²) in [6, 6.07) is 8.35. The van der Waals surface area contributed by atoms with Gasteiger partial charge in [0.25, 0.3) is 0 Å². The SMILES string of the molecule is CCCOCCC(Cc1nc2ccccc2n1C)NN. The monoisotopic (exact) mass is 276 g/mol. The minimum Gasteiger partial charge on any atom is -0.381 e. The number of fused-ring (bicyclic) bond motifs is 1. The highest BCUT2D eigenvalue weighted by molar-refractivity contribution is 5.75. The van der Waals surface area contributed by atoms with Gasteiger partial charge in [-0.25, -0.2) is 4.98 Å². The van der Waals surface area contributed by atoms with Crippen molar-refractivity contribution in [1.29, 1.82) is 0 Å². The molecule has 5 heteroatoms. The highest BCUT2D eigenvalue weighted by Gasteiger charge is 2.13. The summed E-state index contributed by atoms with van der Waals surface area (Å²) in [6.45, 7) is 3.65. The van der Waals surface area contributed by atoms with Crippen LogP contribution < -0.4 is 11.3 Å². The van der Waals surface area contributed by atoms with Gasteiger partial charge in [-0.2, -0.15) is 0 Å². The van der Waals surface area contributed by atoms with E-state index in [2.05, 4.69) is 28.0 Å². The summed E-state index contributed by atoms with van der Waals surface area (Å²) in [6.07, 6.45) is 2.74. The molecular weight excluding hydrogens is 252 g/mol. The van der Waals surface area contributed by atoms with Gasteiger partial charge in [-0.15, -0.1) is 0 Å². The van der Waals surface area contributed by atoms with Crippen LogP contribution in [0.25, 0.3) is 11.0 Å². The van der Waals surface area contributed by atoms with E-state index in [9.17, 15) is 0 Å². The number of hydrogen-bond donors (Lipinski definition) is 2. The number of imidazole rings is 1. The largest absolute Gasteiger partial charge is 0.381 e. The number of hydrogen-bond acceptors (Lipinski definition) is 4. The molecule has 1 aromatic carbocycles. The van der Waals surface area contributed by atoms with Gasteiger partial charge in [0, 0.05) is 32.7 Å². The van der Waals surface area contributed by atoms with Gasteiger partial charge in [0.05, 0.1) is 11.0 Å². The number of nitrogens with one attached hydrogen (secondary N) is 1. The molecule has 0 aliphatic heterocycles. The van der Waals surface area contributed by atoms with E-state index in [4.69, 9.17) is 10.6 Å². The zero-order valence-corrected chi connectivity index (χ0v) is 12.3. The Kier molecular flexibility index (Phi) is 5.52. The number of aryl methyl sites for hydroxylation is 1. The summed E-state index contributed by atoms with van der Waals surface area (Å²) in [5.74, 6) is 6.68. The number of benzene rings is 1. The summed E-state index contributed by atoms with van der Waals surface area (Å²) < 4.78 is 7.65. The van der Waals surface area contributed by atoms with E-state index in [1.807, 2.05) is 25.2 Å². The molecule has 1 atom stereocenters. The zero-order valence-electron chi connectivity index (χ0n) is 12.3. The maximum absolute atomic E-state index is 5.64. The van der Waals surface area contributed by atoms with Gasteiger partial charge in [0.1, 0.15) is 5.82 Å². The van der Waals surface area contributed by atoms with Gasteiger partial charge < -0.3 is 9.30 Å². The molecular formula is C15H24N4O. The molecule has 0 fully saturated rings. The average Bonchev–Trinajstić information content (AvgIpc) is 2.79. The Morgan fingerprint density at radius 1 is 1.35 bits per heavy atom. The van der Waals surface area contributed by atoms with Crippen LogP contribution in [0.4, 0.5) is 0 Å². The molecule has 2 aromatic rings. The molecule has 1 unspecified atom stereocenters. The second-order valence-electron chi connectivity index (χ2n) is 5.04. The maximum atomic E-state index is 5.64. The van der Waals surface area contributed by atoms with Crippen molar-refractivity contribution >= 4 is 11.0 Å². The van der Waals surface area contributed by atoms with Gasteiger partial charge in [-0.1, -0.05) is 19.1 Å². The summed E-state index contributed by atoms with van der Waals surface area (Å²) in [5, 5.41) is 0. The average molecular weight is 276 g/mol. The molecule has 1 heterocycles. The Labute approximate surface area is 120 Å². The number of aromatic nitrogens is 2. The van der Waals surface area contributed by atoms with Gasteiger partial charge in [-0.05, 0) is 25.0 Å². The Morgan fingerprint density at radius 3 is 2.85 bits per heavy atom. The van der Waals surface area contributed by atoms with Crippen molar-refractivity contribution in [3.05, 3.63) is 30.1 Å². The molecule has 0 spiro atoms. The molecule has 110 valence electrons. The molecule has 0 aliphatic rings. The highest BCUT2D eigenvalue weighted by Crippen LogP contribution is 2.15. The van der Waals surface area contributed by atoms with Crippen LogP contribution in [-0.4, -0.2) is 28.8 Å². The third-order valence-electron chi connectivity index (χ3n) is 3.50. The van der Waals surface area contributed by atoms with Crippen molar-refractivity contribution in [1.82, 2.24) is 15.0 Å². The van der Waals surface area contributed by atoms with Gasteiger partial charge in [0.2, 0.25) is 0 Å². The van der Waals surface area contributed by atoms with Gasteiger partial charge in [-0.3, -0.25) is 11.3 Å². The first kappa shape index (κ1) is 15.0. The van der Waals surface area contributed by atoms with Crippen LogP contribution in [0.5, 0.6) is 0 Å². The Hall–Kier alpha value is -1.43. The first-order chi connectivity index (χ1) is 9.76. The second-order valence-corrected chi connectivity index (χ2v) is 5.04. The van der Waals surface area contributed by atoms with Crippen molar-refractivity contribution < 1.29 is 4.74 Å². The topological polar surface area (TPSA) is 65.1 Å². The van der Waals surface area contributed by atoms with E-state index in [-0.39, 0.29) is 6.04 Å². The fraction of sp³-hybridized carbons (Fsp3) is 0.533. The van der Waals surface area contributed by atoms with Crippen LogP contribution in [0.1, 0.15) is 25.6 Å². The van der Waals surface area contributed by atoms with Crippen molar-refractivity contribution in [3.63, 3.8) is 0 Å². The normalized spacial score (nSPS) is 12.9. The van der Waals surface area contributed by atoms with E-state index in [0.717, 1.165) is 49.3 Å². The number of rotatable bonds is 8. The molecule has 2 rings (SSSR count). The van der Waals surface area contributed by atoms with Crippen LogP contribution in [0.15, 0.2) is 24.3 Å². The number of ether oxygens (including phenoxy) is 1. The highest BCUT2D eigenvalue weighted by atomic mass is 16.5. The Bertz CT molecular complexity index is 538. The number of para-hydroxylation sites is 2. The molecule has 0 amide bonds. The minimum absolute atomic E-state index is 0.183. The van der Waals surface area contributed by atoms with E-state index in [1.165, 1.54) is 0 Å². The first-order valence-corrected chi connectivity index (χ1v) is 7.20. The summed E-state index contributed by atoms with van der Waals surface area (Å²) in [5.41, 5.74) is 5.05. The van der Waals surface area contributed by atoms with E-state index >= 15 is 0 Å². The number of nitrogens with two attached hydrogens (primary N) is 1. The number of nitrogens with zero attached hydrogens (tertiary/aromatic N) is 2. The summed E-state index contributed by atoms with van der Waals surface area (Å²) in [7, 11) is 2.05. The molecule has 3 N–H and O–H groups in total. The van der Waals surface area contributed by atoms with E-state index in [0.29, 0.717) is 0 Å². The molecule has 1 aromatic heterocycles. The molecule has 0 aliphatic carbocycles. The van der Waals surface area contributed by atoms with E-state index in [1.54, 1.807) is 0 Å². The summed E-state index contributed by atoms with van der Waals surface area (Å²) in [4.78, 5) is 4.67. The van der Waals surface area contributed by atoms with Gasteiger partial charge in [0.15, 0.2) is 0 Å². The summed E-state index contributed by atoms with van der Waals surface area (Å²) >= 11 is 0. The molecule has 5 nitrogen and oxygen atoms in total. The third-order valence-corrected chi connectivity index (χ3v) is 3.50. The Morgan fingerprint density at radius 2 is 2.15 bits per heavy atom. The fourth-order valence-corrected chi connectivity index (χ4v) is 2.31. The van der Waals surface area contributed by atoms with Crippen molar-refractivity contribution in [2.45, 2.75) is 32.2 Å².